The van der Waals surface area contributed by atoms with E-state index in [-0.39, 0.29) is 11.9 Å². The Balaban J connectivity index is 3.57. The van der Waals surface area contributed by atoms with Crippen molar-refractivity contribution in [3.05, 3.63) is 37.9 Å². The van der Waals surface area contributed by atoms with Crippen LogP contribution in [0.15, 0.2) is 37.9 Å². The number of rotatable bonds is 6. The van der Waals surface area contributed by atoms with Gasteiger partial charge in [0.05, 0.1) is 6.26 Å². The van der Waals surface area contributed by atoms with E-state index in [2.05, 4.69) is 33.9 Å². The first-order chi connectivity index (χ1) is 5.20. The molecule has 0 amide bonds. The Labute approximate surface area is 65.0 Å². The predicted octanol–water partition coefficient (Wildman–Crippen LogP) is 1.07. The van der Waals surface area contributed by atoms with E-state index in [1.807, 2.05) is 0 Å². The second-order valence-electron chi connectivity index (χ2n) is 1.40. The van der Waals surface area contributed by atoms with Crippen LogP contribution in [0, 0.1) is 0 Å². The van der Waals surface area contributed by atoms with Crippen LogP contribution in [0.2, 0.25) is 0 Å². The number of ether oxygens (including phenoxy) is 3. The zero-order valence-electron chi connectivity index (χ0n) is 6.08. The first-order valence-corrected chi connectivity index (χ1v) is 2.77. The van der Waals surface area contributed by atoms with Gasteiger partial charge in [-0.05, 0) is 13.2 Å². The molecule has 0 atom stereocenters. The molecule has 4 heteroatoms. The van der Waals surface area contributed by atoms with Gasteiger partial charge in [0, 0.05) is 0 Å². The molecular formula is C7H10O4. The van der Waals surface area contributed by atoms with Crippen molar-refractivity contribution in [3.63, 3.8) is 0 Å². The fourth-order valence-electron chi connectivity index (χ4n) is 0.345. The Morgan fingerprint density at radius 3 is 2.45 bits per heavy atom. The summed E-state index contributed by atoms with van der Waals surface area (Å²) in [7, 11) is 0. The van der Waals surface area contributed by atoms with Crippen LogP contribution >= 0.6 is 0 Å². The van der Waals surface area contributed by atoms with Crippen molar-refractivity contribution in [2.24, 2.45) is 0 Å². The molecule has 0 aromatic heterocycles. The summed E-state index contributed by atoms with van der Waals surface area (Å²) in [4.78, 5) is 0. The Kier molecular flexibility index (Phi) is 4.68. The summed E-state index contributed by atoms with van der Waals surface area (Å²) < 4.78 is 13.7. The summed E-state index contributed by atoms with van der Waals surface area (Å²) in [6, 6.07) is 0. The summed E-state index contributed by atoms with van der Waals surface area (Å²) in [5.74, 6) is -0.0993. The molecule has 0 saturated carbocycles. The molecule has 0 saturated heterocycles. The highest BCUT2D eigenvalue weighted by atomic mass is 16.8. The third-order valence-electron chi connectivity index (χ3n) is 0.668. The lowest BCUT2D eigenvalue weighted by molar-refractivity contribution is -0.0406. The van der Waals surface area contributed by atoms with Crippen molar-refractivity contribution in [2.45, 2.75) is 0 Å². The van der Waals surface area contributed by atoms with E-state index in [4.69, 9.17) is 5.11 Å². The molecule has 0 aromatic carbocycles. The summed E-state index contributed by atoms with van der Waals surface area (Å²) in [6.07, 6.45) is 1.15. The fourth-order valence-corrected chi connectivity index (χ4v) is 0.345. The summed E-state index contributed by atoms with van der Waals surface area (Å²) in [5.41, 5.74) is 0. The molecule has 0 rings (SSSR count). The van der Waals surface area contributed by atoms with Crippen molar-refractivity contribution < 1.29 is 19.3 Å². The maximum atomic E-state index is 8.23. The van der Waals surface area contributed by atoms with E-state index >= 15 is 0 Å². The fraction of sp³-hybridized carbons (Fsp3) is 0.143. The maximum absolute atomic E-state index is 8.23. The number of hydrogen-bond donors (Lipinski definition) is 1. The highest BCUT2D eigenvalue weighted by molar-refractivity contribution is 4.80. The quantitative estimate of drug-likeness (QED) is 0.464. The van der Waals surface area contributed by atoms with Crippen LogP contribution < -0.4 is 0 Å². The van der Waals surface area contributed by atoms with E-state index in [9.17, 15) is 0 Å². The first kappa shape index (κ1) is 9.58. The smallest absolute Gasteiger partial charge is 0.284 e. The summed E-state index contributed by atoms with van der Waals surface area (Å²) in [6.45, 7) is 9.39. The standard InChI is InChI=1S/C7H10O4/c1-4-9-6(2)11-7(3)10-5-8/h4,8H,1-3,5H2. The van der Waals surface area contributed by atoms with Gasteiger partial charge in [-0.2, -0.15) is 0 Å². The molecule has 0 aliphatic rings. The molecule has 0 aromatic rings. The molecule has 62 valence electrons. The topological polar surface area (TPSA) is 47.9 Å². The van der Waals surface area contributed by atoms with E-state index in [1.165, 1.54) is 0 Å². The molecule has 1 N–H and O–H groups in total. The Morgan fingerprint density at radius 1 is 1.36 bits per heavy atom. The maximum Gasteiger partial charge on any atom is 0.284 e. The van der Waals surface area contributed by atoms with Crippen LogP contribution in [-0.2, 0) is 14.2 Å². The van der Waals surface area contributed by atoms with Crippen LogP contribution in [0.3, 0.4) is 0 Å². The number of hydrogen-bond acceptors (Lipinski definition) is 4. The summed E-state index contributed by atoms with van der Waals surface area (Å²) in [5, 5.41) is 8.23. The number of aliphatic hydroxyl groups excluding tert-OH is 1. The van der Waals surface area contributed by atoms with Crippen LogP contribution in [0.25, 0.3) is 0 Å². The molecule has 4 nitrogen and oxygen atoms in total. The Hall–Kier alpha value is -1.42. The van der Waals surface area contributed by atoms with Gasteiger partial charge in [0.2, 0.25) is 0 Å². The predicted molar refractivity (Wildman–Crippen MR) is 38.8 cm³/mol. The third kappa shape index (κ3) is 5.05. The molecule has 0 heterocycles. The molecule has 0 unspecified atom stereocenters. The Morgan fingerprint density at radius 2 is 2.00 bits per heavy atom. The van der Waals surface area contributed by atoms with Crippen molar-refractivity contribution in [2.75, 3.05) is 6.79 Å². The molecule has 11 heavy (non-hydrogen) atoms. The lowest BCUT2D eigenvalue weighted by Crippen LogP contribution is -1.97. The highest BCUT2D eigenvalue weighted by Gasteiger charge is 1.97. The lowest BCUT2D eigenvalue weighted by atomic mass is 10.9. The highest BCUT2D eigenvalue weighted by Crippen LogP contribution is 2.04. The van der Waals surface area contributed by atoms with Gasteiger partial charge in [0.25, 0.3) is 11.9 Å². The van der Waals surface area contributed by atoms with Gasteiger partial charge < -0.3 is 19.3 Å². The van der Waals surface area contributed by atoms with Crippen molar-refractivity contribution in [3.8, 4) is 0 Å². The largest absolute Gasteiger partial charge is 0.439 e. The monoisotopic (exact) mass is 158 g/mol. The Bertz CT molecular complexity index is 162. The van der Waals surface area contributed by atoms with Gasteiger partial charge in [0.15, 0.2) is 6.79 Å². The zero-order valence-corrected chi connectivity index (χ0v) is 6.08. The van der Waals surface area contributed by atoms with Crippen molar-refractivity contribution >= 4 is 0 Å². The minimum Gasteiger partial charge on any atom is -0.439 e. The first-order valence-electron chi connectivity index (χ1n) is 2.77. The average molecular weight is 158 g/mol. The second kappa shape index (κ2) is 5.37. The van der Waals surface area contributed by atoms with Gasteiger partial charge in [0.1, 0.15) is 0 Å². The normalized spacial score (nSPS) is 8.09. The van der Waals surface area contributed by atoms with E-state index in [0.717, 1.165) is 6.26 Å². The van der Waals surface area contributed by atoms with Gasteiger partial charge in [-0.3, -0.25) is 0 Å². The summed E-state index contributed by atoms with van der Waals surface area (Å²) >= 11 is 0. The lowest BCUT2D eigenvalue weighted by Gasteiger charge is -2.07. The van der Waals surface area contributed by atoms with Crippen molar-refractivity contribution in [1.29, 1.82) is 0 Å². The molecule has 0 aliphatic heterocycles. The van der Waals surface area contributed by atoms with Gasteiger partial charge in [-0.25, -0.2) is 0 Å². The molecule has 0 fully saturated rings. The molecule has 0 bridgehead atoms. The SMILES string of the molecule is C=COC(=C)OC(=C)OCO. The van der Waals surface area contributed by atoms with E-state index in [0.29, 0.717) is 0 Å². The van der Waals surface area contributed by atoms with E-state index < -0.39 is 6.79 Å². The van der Waals surface area contributed by atoms with Crippen molar-refractivity contribution in [1.82, 2.24) is 0 Å². The molecule has 0 spiro atoms. The van der Waals surface area contributed by atoms with Crippen LogP contribution in [-0.4, -0.2) is 11.9 Å². The minimum absolute atomic E-state index is 0.0153. The van der Waals surface area contributed by atoms with Crippen LogP contribution in [0.4, 0.5) is 0 Å². The van der Waals surface area contributed by atoms with Crippen LogP contribution in [0.5, 0.6) is 0 Å². The average Bonchev–Trinajstić information content (AvgIpc) is 1.87. The minimum atomic E-state index is -0.500. The zero-order chi connectivity index (χ0) is 8.69. The van der Waals surface area contributed by atoms with Crippen LogP contribution in [0.1, 0.15) is 0 Å². The molecular weight excluding hydrogens is 148 g/mol. The van der Waals surface area contributed by atoms with Gasteiger partial charge >= 0.3 is 0 Å². The van der Waals surface area contributed by atoms with Gasteiger partial charge in [-0.15, -0.1) is 0 Å². The third-order valence-corrected chi connectivity index (χ3v) is 0.668. The molecule has 0 radical (unpaired) electrons. The number of aliphatic hydroxyl groups is 1. The molecule has 0 aliphatic carbocycles. The second-order valence-corrected chi connectivity index (χ2v) is 1.40. The van der Waals surface area contributed by atoms with Gasteiger partial charge in [-0.1, -0.05) is 6.58 Å². The van der Waals surface area contributed by atoms with E-state index in [1.54, 1.807) is 0 Å².